The zero-order valence-electron chi connectivity index (χ0n) is 1.79. The molecule has 4 heteroatoms. The van der Waals surface area contributed by atoms with Crippen LogP contribution in [0.2, 0.25) is 0 Å². The summed E-state index contributed by atoms with van der Waals surface area (Å²) in [4.78, 5) is 0. The Bertz CT molecular complexity index is 8.00. The molecule has 0 spiro atoms. The van der Waals surface area contributed by atoms with Crippen LogP contribution in [0.15, 0.2) is 0 Å². The molecule has 0 aliphatic heterocycles. The Kier molecular flexibility index (Phi) is 76.9. The van der Waals surface area contributed by atoms with E-state index in [0.29, 0.717) is 0 Å². The molecule has 0 aliphatic carbocycles. The van der Waals surface area contributed by atoms with E-state index in [0.717, 1.165) is 18.3 Å². The zero-order valence-corrected chi connectivity index (χ0v) is 11.5. The van der Waals surface area contributed by atoms with Gasteiger partial charge in [0.1, 0.15) is 0 Å². The molecule has 0 heterocycles. The van der Waals surface area contributed by atoms with Gasteiger partial charge in [0.2, 0.25) is 0 Å². The van der Waals surface area contributed by atoms with E-state index >= 15 is 0 Å². The third kappa shape index (κ3) is 8.87. The van der Waals surface area contributed by atoms with Crippen LogP contribution in [-0.2, 0) is 21.8 Å². The van der Waals surface area contributed by atoms with Crippen molar-refractivity contribution in [2.24, 2.45) is 0 Å². The predicted molar refractivity (Wildman–Crippen MR) is 12.2 cm³/mol. The van der Waals surface area contributed by atoms with E-state index in [4.69, 9.17) is 3.57 Å². The molecule has 0 rings (SSSR count). The van der Waals surface area contributed by atoms with Crippen molar-refractivity contribution in [2.75, 3.05) is 0 Å². The van der Waals surface area contributed by atoms with Gasteiger partial charge in [0.15, 0.2) is 0 Å². The van der Waals surface area contributed by atoms with Crippen LogP contribution in [0.5, 0.6) is 0 Å². The van der Waals surface area contributed by atoms with E-state index in [1.807, 2.05) is 0 Å². The molecule has 0 amide bonds. The number of hydrogen-bond donors (Lipinski definition) is 0. The molecule has 0 saturated carbocycles. The van der Waals surface area contributed by atoms with Gasteiger partial charge in [-0.25, -0.2) is 0 Å². The molecule has 0 atom stereocenters. The molecule has 0 fully saturated rings. The fourth-order valence-corrected chi connectivity index (χ4v) is 0. The van der Waals surface area contributed by atoms with Gasteiger partial charge in [0.25, 0.3) is 0 Å². The van der Waals surface area contributed by atoms with E-state index in [1.54, 1.807) is 0 Å². The summed E-state index contributed by atoms with van der Waals surface area (Å²) in [6.45, 7) is 0. The summed E-state index contributed by atoms with van der Waals surface area (Å²) in [6.07, 6.45) is 0. The first-order chi connectivity index (χ1) is 1.00. The SMILES string of the molecule is [Bi].[O]=[Ru].[Tl]. The molecular formula is BiORuTl. The van der Waals surface area contributed by atoms with Gasteiger partial charge in [-0.2, -0.15) is 0 Å². The average Bonchev–Trinajstić information content (AvgIpc) is 1.00. The van der Waals surface area contributed by atoms with Gasteiger partial charge < -0.3 is 0 Å². The van der Waals surface area contributed by atoms with Crippen LogP contribution >= 0.6 is 0 Å². The largest absolute Gasteiger partial charge is 0 e. The second-order valence-corrected chi connectivity index (χ2v) is 0. The van der Waals surface area contributed by atoms with E-state index in [1.165, 1.54) is 0 Å². The maximum atomic E-state index is 8.18. The third-order valence-electron chi connectivity index (χ3n) is 0. The molecule has 22 valence electrons. The van der Waals surface area contributed by atoms with E-state index in [-0.39, 0.29) is 53.5 Å². The van der Waals surface area contributed by atoms with Crippen molar-refractivity contribution in [3.05, 3.63) is 0 Å². The molecule has 1 nitrogen and oxygen atoms in total. The van der Waals surface area contributed by atoms with Gasteiger partial charge in [-0.05, 0) is 0 Å². The standard InChI is InChI=1S/Bi.O.Ru.Tl. The van der Waals surface area contributed by atoms with Crippen molar-refractivity contribution in [1.29, 1.82) is 0 Å². The van der Waals surface area contributed by atoms with Crippen molar-refractivity contribution in [3.8, 4) is 0 Å². The Balaban J connectivity index is -0.00000000500. The fourth-order valence-electron chi connectivity index (χ4n) is 0. The Hall–Kier alpha value is 2.23. The van der Waals surface area contributed by atoms with Crippen molar-refractivity contribution >= 4 is 53.5 Å². The molecule has 0 aromatic heterocycles. The quantitative estimate of drug-likeness (QED) is 0.372. The van der Waals surface area contributed by atoms with Gasteiger partial charge in [0.05, 0.1) is 0 Å². The predicted octanol–water partition coefficient (Wildman–Crippen LogP) is -0.883. The summed E-state index contributed by atoms with van der Waals surface area (Å²) in [5.74, 6) is 0. The van der Waals surface area contributed by atoms with Crippen molar-refractivity contribution in [1.82, 2.24) is 0 Å². The summed E-state index contributed by atoms with van der Waals surface area (Å²) < 4.78 is 8.18. The molecule has 4 heavy (non-hydrogen) atoms. The first-order valence-corrected chi connectivity index (χ1v) is 0.854. The van der Waals surface area contributed by atoms with E-state index in [9.17, 15) is 0 Å². The van der Waals surface area contributed by atoms with Crippen molar-refractivity contribution < 1.29 is 21.8 Å². The summed E-state index contributed by atoms with van der Waals surface area (Å²) in [6, 6.07) is 0. The maximum absolute atomic E-state index is 8.18. The molecule has 0 aliphatic rings. The van der Waals surface area contributed by atoms with Crippen LogP contribution in [0.1, 0.15) is 0 Å². The molecule has 0 unspecified atom stereocenters. The monoisotopic (exact) mass is 532 g/mol. The Morgan fingerprint density at radius 1 is 1.25 bits per heavy atom. The average molecular weight is 530 g/mol. The van der Waals surface area contributed by atoms with E-state index < -0.39 is 0 Å². The Morgan fingerprint density at radius 3 is 1.25 bits per heavy atom. The Morgan fingerprint density at radius 2 is 1.25 bits per heavy atom. The topological polar surface area (TPSA) is 17.1 Å². The number of hydrogen-bond acceptors (Lipinski definition) is 1. The molecule has 0 aromatic rings. The van der Waals surface area contributed by atoms with Gasteiger partial charge in [-0.1, -0.05) is 0 Å². The second kappa shape index (κ2) is 18.8. The van der Waals surface area contributed by atoms with Crippen LogP contribution in [0, 0.1) is 0 Å². The zero-order chi connectivity index (χ0) is 2.00. The molecule has 4 radical (unpaired) electrons. The van der Waals surface area contributed by atoms with Gasteiger partial charge in [-0.3, -0.25) is 0 Å². The molecule has 0 N–H and O–H groups in total. The van der Waals surface area contributed by atoms with Crippen LogP contribution in [0.3, 0.4) is 0 Å². The smallest absolute Gasteiger partial charge is 0 e. The Labute approximate surface area is 74.1 Å². The van der Waals surface area contributed by atoms with Gasteiger partial charge >= 0.3 is 21.8 Å². The maximum Gasteiger partial charge on any atom is 0 e. The first-order valence-electron chi connectivity index (χ1n) is 0.144. The van der Waals surface area contributed by atoms with Gasteiger partial charge in [-0.15, -0.1) is 0 Å². The summed E-state index contributed by atoms with van der Waals surface area (Å²) >= 11 is 1.10. The summed E-state index contributed by atoms with van der Waals surface area (Å²) in [5, 5.41) is 0. The minimum atomic E-state index is 0. The van der Waals surface area contributed by atoms with Gasteiger partial charge in [0, 0.05) is 53.5 Å². The normalized spacial score (nSPS) is 1.25. The molecule has 0 aromatic carbocycles. The molecular weight excluding hydrogens is 530 g/mol. The number of rotatable bonds is 0. The summed E-state index contributed by atoms with van der Waals surface area (Å²) in [5.41, 5.74) is 0. The molecule has 0 saturated heterocycles. The third-order valence-corrected chi connectivity index (χ3v) is 0. The van der Waals surface area contributed by atoms with Crippen LogP contribution < -0.4 is 0 Å². The van der Waals surface area contributed by atoms with Crippen LogP contribution in [-0.4, -0.2) is 53.5 Å². The van der Waals surface area contributed by atoms with Crippen molar-refractivity contribution in [3.63, 3.8) is 0 Å². The van der Waals surface area contributed by atoms with Crippen molar-refractivity contribution in [2.45, 2.75) is 0 Å². The van der Waals surface area contributed by atoms with E-state index in [2.05, 4.69) is 0 Å². The molecule has 0 bridgehead atoms. The summed E-state index contributed by atoms with van der Waals surface area (Å²) in [7, 11) is 0. The van der Waals surface area contributed by atoms with Crippen LogP contribution in [0.25, 0.3) is 0 Å². The first kappa shape index (κ1) is 16.3. The minimum Gasteiger partial charge on any atom is 0 e. The fraction of sp³-hybridized carbons (Fsp3) is 0. The second-order valence-electron chi connectivity index (χ2n) is 0. The minimum absolute atomic E-state index is 0. The van der Waals surface area contributed by atoms with Crippen LogP contribution in [0.4, 0.5) is 0 Å².